The molecule has 0 spiro atoms. The first-order chi connectivity index (χ1) is 11.9. The molecule has 0 saturated heterocycles. The number of nitrogens with zero attached hydrogens (tertiary/aromatic N) is 2. The highest BCUT2D eigenvalue weighted by molar-refractivity contribution is 6.02. The average molecular weight is 339 g/mol. The molecule has 2 rings (SSSR count). The fourth-order valence-corrected chi connectivity index (χ4v) is 2.88. The lowest BCUT2D eigenvalue weighted by molar-refractivity contribution is -0.117. The highest BCUT2D eigenvalue weighted by Crippen LogP contribution is 2.20. The van der Waals surface area contributed by atoms with Crippen LogP contribution in [0.15, 0.2) is 28.2 Å². The summed E-state index contributed by atoms with van der Waals surface area (Å²) in [5.74, 6) is 1.06. The lowest BCUT2D eigenvalue weighted by Gasteiger charge is -2.11. The van der Waals surface area contributed by atoms with Crippen molar-refractivity contribution in [3.63, 3.8) is 0 Å². The number of rotatable bonds is 6. The molecule has 0 aromatic carbocycles. The van der Waals surface area contributed by atoms with Crippen LogP contribution in [0.1, 0.15) is 54.8 Å². The van der Waals surface area contributed by atoms with Crippen molar-refractivity contribution in [2.45, 2.75) is 53.6 Å². The number of carbonyl (C=O) groups is 1. The second-order valence-corrected chi connectivity index (χ2v) is 6.29. The molecule has 0 aliphatic rings. The van der Waals surface area contributed by atoms with E-state index >= 15 is 0 Å². The Morgan fingerprint density at radius 1 is 1.40 bits per heavy atom. The predicted molar refractivity (Wildman–Crippen MR) is 97.8 cm³/mol. The smallest absolute Gasteiger partial charge is 0.262 e. The molecule has 2 aromatic heterocycles. The largest absolute Gasteiger partial charge is 0.464 e. The van der Waals surface area contributed by atoms with Gasteiger partial charge in [0, 0.05) is 17.9 Å². The van der Waals surface area contributed by atoms with Gasteiger partial charge in [0.25, 0.3) is 5.91 Å². The Hall–Kier alpha value is -2.74. The minimum absolute atomic E-state index is 0.0897. The number of hydrogen-bond acceptors (Lipinski definition) is 3. The average Bonchev–Trinajstić information content (AvgIpc) is 3.11. The van der Waals surface area contributed by atoms with E-state index in [2.05, 4.69) is 16.8 Å². The molecular weight excluding hydrogens is 314 g/mol. The van der Waals surface area contributed by atoms with Gasteiger partial charge in [-0.05, 0) is 64.0 Å². The van der Waals surface area contributed by atoms with Crippen LogP contribution in [0.25, 0.3) is 6.08 Å². The van der Waals surface area contributed by atoms with Crippen LogP contribution in [-0.2, 0) is 11.3 Å². The maximum atomic E-state index is 12.4. The molecule has 2 aromatic rings. The summed E-state index contributed by atoms with van der Waals surface area (Å²) in [6.07, 6.45) is 2.69. The summed E-state index contributed by atoms with van der Waals surface area (Å²) in [5, 5.41) is 12.2. The standard InChI is InChI=1S/C20H25N3O2/c1-6-9-23-13(2)10-17(16(23)5)11-18(12-21)20(24)22-15(4)19-8-7-14(3)25-19/h7-8,10-11,15H,6,9H2,1-5H3,(H,22,24)/b18-11-. The molecule has 5 nitrogen and oxygen atoms in total. The van der Waals surface area contributed by atoms with Crippen molar-refractivity contribution in [3.8, 4) is 6.07 Å². The van der Waals surface area contributed by atoms with Crippen LogP contribution in [0.4, 0.5) is 0 Å². The fourth-order valence-electron chi connectivity index (χ4n) is 2.88. The van der Waals surface area contributed by atoms with E-state index in [0.29, 0.717) is 5.76 Å². The van der Waals surface area contributed by atoms with Crippen molar-refractivity contribution in [2.24, 2.45) is 0 Å². The monoisotopic (exact) mass is 339 g/mol. The van der Waals surface area contributed by atoms with E-state index < -0.39 is 5.91 Å². The van der Waals surface area contributed by atoms with Gasteiger partial charge in [-0.1, -0.05) is 6.92 Å². The van der Waals surface area contributed by atoms with Crippen LogP contribution >= 0.6 is 0 Å². The van der Waals surface area contributed by atoms with Crippen LogP contribution < -0.4 is 5.32 Å². The summed E-state index contributed by atoms with van der Waals surface area (Å²) >= 11 is 0. The van der Waals surface area contributed by atoms with E-state index in [-0.39, 0.29) is 11.6 Å². The third kappa shape index (κ3) is 4.21. The number of hydrogen-bond donors (Lipinski definition) is 1. The van der Waals surface area contributed by atoms with Crippen LogP contribution in [0, 0.1) is 32.1 Å². The second kappa shape index (κ2) is 7.89. The molecule has 132 valence electrons. The van der Waals surface area contributed by atoms with Gasteiger partial charge in [-0.2, -0.15) is 5.26 Å². The van der Waals surface area contributed by atoms with Crippen molar-refractivity contribution >= 4 is 12.0 Å². The maximum absolute atomic E-state index is 12.4. The van der Waals surface area contributed by atoms with E-state index in [9.17, 15) is 10.1 Å². The minimum atomic E-state index is -0.399. The number of aromatic nitrogens is 1. The summed E-state index contributed by atoms with van der Waals surface area (Å²) in [6, 6.07) is 7.39. The van der Waals surface area contributed by atoms with Crippen LogP contribution in [-0.4, -0.2) is 10.5 Å². The second-order valence-electron chi connectivity index (χ2n) is 6.29. The van der Waals surface area contributed by atoms with E-state index in [4.69, 9.17) is 4.42 Å². The van der Waals surface area contributed by atoms with Gasteiger partial charge >= 0.3 is 0 Å². The van der Waals surface area contributed by atoms with Gasteiger partial charge in [-0.3, -0.25) is 4.79 Å². The van der Waals surface area contributed by atoms with Gasteiger partial charge in [-0.25, -0.2) is 0 Å². The van der Waals surface area contributed by atoms with Crippen molar-refractivity contribution in [3.05, 3.63) is 52.2 Å². The normalized spacial score (nSPS) is 12.7. The summed E-state index contributed by atoms with van der Waals surface area (Å²) in [6.45, 7) is 10.8. The Kier molecular flexibility index (Phi) is 5.87. The van der Waals surface area contributed by atoms with Gasteiger partial charge < -0.3 is 14.3 Å². The Morgan fingerprint density at radius 3 is 2.68 bits per heavy atom. The number of nitrogens with one attached hydrogen (secondary N) is 1. The van der Waals surface area contributed by atoms with Crippen molar-refractivity contribution in [1.29, 1.82) is 5.26 Å². The predicted octanol–water partition coefficient (Wildman–Crippen LogP) is 4.20. The Labute approximate surface area is 148 Å². The fraction of sp³-hybridized carbons (Fsp3) is 0.400. The topological polar surface area (TPSA) is 71.0 Å². The van der Waals surface area contributed by atoms with Crippen LogP contribution in [0.2, 0.25) is 0 Å². The molecule has 2 heterocycles. The molecule has 0 bridgehead atoms. The van der Waals surface area contributed by atoms with Gasteiger partial charge in [0.05, 0.1) is 6.04 Å². The molecule has 5 heteroatoms. The molecule has 0 aliphatic carbocycles. The zero-order chi connectivity index (χ0) is 18.6. The lowest BCUT2D eigenvalue weighted by Crippen LogP contribution is -2.27. The molecule has 1 atom stereocenters. The highest BCUT2D eigenvalue weighted by atomic mass is 16.3. The molecular formula is C20H25N3O2. The Bertz CT molecular complexity index is 834. The molecule has 1 N–H and O–H groups in total. The number of amides is 1. The number of carbonyl (C=O) groups excluding carboxylic acids is 1. The molecule has 0 saturated carbocycles. The van der Waals surface area contributed by atoms with E-state index in [1.165, 1.54) is 0 Å². The molecule has 25 heavy (non-hydrogen) atoms. The Morgan fingerprint density at radius 2 is 2.12 bits per heavy atom. The molecule has 1 unspecified atom stereocenters. The lowest BCUT2D eigenvalue weighted by atomic mass is 10.1. The van der Waals surface area contributed by atoms with Crippen LogP contribution in [0.5, 0.6) is 0 Å². The maximum Gasteiger partial charge on any atom is 0.262 e. The summed E-state index contributed by atoms with van der Waals surface area (Å²) in [5.41, 5.74) is 3.18. The van der Waals surface area contributed by atoms with Crippen molar-refractivity contribution in [1.82, 2.24) is 9.88 Å². The molecule has 0 radical (unpaired) electrons. The van der Waals surface area contributed by atoms with Crippen LogP contribution in [0.3, 0.4) is 0 Å². The first-order valence-electron chi connectivity index (χ1n) is 8.53. The third-order valence-electron chi connectivity index (χ3n) is 4.26. The quantitative estimate of drug-likeness (QED) is 0.633. The molecule has 0 aliphatic heterocycles. The zero-order valence-electron chi connectivity index (χ0n) is 15.5. The van der Waals surface area contributed by atoms with Gasteiger partial charge in [0.15, 0.2) is 0 Å². The number of nitriles is 1. The number of aryl methyl sites for hydroxylation is 2. The van der Waals surface area contributed by atoms with Gasteiger partial charge in [0.2, 0.25) is 0 Å². The molecule has 1 amide bonds. The van der Waals surface area contributed by atoms with E-state index in [1.54, 1.807) is 6.08 Å². The van der Waals surface area contributed by atoms with Crippen molar-refractivity contribution in [2.75, 3.05) is 0 Å². The highest BCUT2D eigenvalue weighted by Gasteiger charge is 2.17. The third-order valence-corrected chi connectivity index (χ3v) is 4.26. The Balaban J connectivity index is 2.21. The zero-order valence-corrected chi connectivity index (χ0v) is 15.5. The number of furan rings is 1. The van der Waals surface area contributed by atoms with Crippen molar-refractivity contribution < 1.29 is 9.21 Å². The van der Waals surface area contributed by atoms with E-state index in [1.807, 2.05) is 52.0 Å². The summed E-state index contributed by atoms with van der Waals surface area (Å²) in [7, 11) is 0. The first-order valence-corrected chi connectivity index (χ1v) is 8.53. The minimum Gasteiger partial charge on any atom is -0.464 e. The summed E-state index contributed by atoms with van der Waals surface area (Å²) in [4.78, 5) is 12.4. The SMILES string of the molecule is CCCn1c(C)cc(/C=C(/C#N)C(=O)NC(C)c2ccc(C)o2)c1C. The first kappa shape index (κ1) is 18.6. The van der Waals surface area contributed by atoms with Gasteiger partial charge in [0.1, 0.15) is 23.2 Å². The van der Waals surface area contributed by atoms with Gasteiger partial charge in [-0.15, -0.1) is 0 Å². The molecule has 0 fully saturated rings. The summed E-state index contributed by atoms with van der Waals surface area (Å²) < 4.78 is 7.72. The van der Waals surface area contributed by atoms with E-state index in [0.717, 1.165) is 35.7 Å².